The predicted octanol–water partition coefficient (Wildman–Crippen LogP) is 1.38. The van der Waals surface area contributed by atoms with Crippen LogP contribution < -0.4 is 10.6 Å². The molecule has 1 aliphatic rings. The molecule has 21 heavy (non-hydrogen) atoms. The first-order chi connectivity index (χ1) is 10.1. The standard InChI is InChI=1S/C16H33N3O2/c1-5-14(6-2)18-16(20)13(3)19(10-11-21-4)12-15-8-7-9-17-15/h13-15,17H,5-12H2,1-4H3,(H,18,20). The highest BCUT2D eigenvalue weighted by Gasteiger charge is 2.26. The van der Waals surface area contributed by atoms with Crippen LogP contribution in [0.4, 0.5) is 0 Å². The Kier molecular flexibility index (Phi) is 8.88. The van der Waals surface area contributed by atoms with E-state index in [1.54, 1.807) is 7.11 Å². The molecule has 0 radical (unpaired) electrons. The van der Waals surface area contributed by atoms with Gasteiger partial charge in [-0.1, -0.05) is 13.8 Å². The van der Waals surface area contributed by atoms with E-state index >= 15 is 0 Å². The van der Waals surface area contributed by atoms with Gasteiger partial charge in [0.2, 0.25) is 5.91 Å². The molecule has 5 heteroatoms. The van der Waals surface area contributed by atoms with E-state index in [1.807, 2.05) is 6.92 Å². The largest absolute Gasteiger partial charge is 0.383 e. The van der Waals surface area contributed by atoms with Gasteiger partial charge in [0.15, 0.2) is 0 Å². The molecule has 1 fully saturated rings. The molecule has 2 atom stereocenters. The van der Waals surface area contributed by atoms with Crippen molar-refractivity contribution >= 4 is 5.91 Å². The monoisotopic (exact) mass is 299 g/mol. The van der Waals surface area contributed by atoms with Crippen molar-refractivity contribution in [2.75, 3.05) is 33.4 Å². The molecule has 1 heterocycles. The lowest BCUT2D eigenvalue weighted by Gasteiger charge is -2.31. The quantitative estimate of drug-likeness (QED) is 0.640. The molecule has 1 aliphatic heterocycles. The molecule has 0 bridgehead atoms. The van der Waals surface area contributed by atoms with Crippen LogP contribution in [0.15, 0.2) is 0 Å². The third-order valence-corrected chi connectivity index (χ3v) is 4.46. The van der Waals surface area contributed by atoms with Crippen molar-refractivity contribution in [1.29, 1.82) is 0 Å². The summed E-state index contributed by atoms with van der Waals surface area (Å²) in [6.45, 7) is 9.70. The zero-order chi connectivity index (χ0) is 15.7. The molecule has 0 aliphatic carbocycles. The summed E-state index contributed by atoms with van der Waals surface area (Å²) >= 11 is 0. The SMILES string of the molecule is CCC(CC)NC(=O)C(C)N(CCOC)CC1CCCN1. The molecule has 1 amide bonds. The predicted molar refractivity (Wildman–Crippen MR) is 86.4 cm³/mol. The Morgan fingerprint density at radius 2 is 2.14 bits per heavy atom. The highest BCUT2D eigenvalue weighted by molar-refractivity contribution is 5.81. The summed E-state index contributed by atoms with van der Waals surface area (Å²) in [5, 5.41) is 6.66. The minimum Gasteiger partial charge on any atom is -0.383 e. The van der Waals surface area contributed by atoms with Crippen LogP contribution >= 0.6 is 0 Å². The molecule has 1 saturated heterocycles. The van der Waals surface area contributed by atoms with E-state index in [0.717, 1.165) is 32.5 Å². The number of carbonyl (C=O) groups is 1. The van der Waals surface area contributed by atoms with Crippen LogP contribution in [-0.4, -0.2) is 62.3 Å². The van der Waals surface area contributed by atoms with Gasteiger partial charge in [-0.3, -0.25) is 9.69 Å². The van der Waals surface area contributed by atoms with Crippen LogP contribution in [0.25, 0.3) is 0 Å². The number of nitrogens with zero attached hydrogens (tertiary/aromatic N) is 1. The van der Waals surface area contributed by atoms with E-state index in [0.29, 0.717) is 12.6 Å². The molecule has 2 N–H and O–H groups in total. The third-order valence-electron chi connectivity index (χ3n) is 4.46. The Morgan fingerprint density at radius 3 is 2.67 bits per heavy atom. The Labute approximate surface area is 129 Å². The average molecular weight is 299 g/mol. The number of hydrogen-bond acceptors (Lipinski definition) is 4. The van der Waals surface area contributed by atoms with Crippen molar-refractivity contribution in [2.45, 2.75) is 64.6 Å². The van der Waals surface area contributed by atoms with Gasteiger partial charge in [-0.25, -0.2) is 0 Å². The summed E-state index contributed by atoms with van der Waals surface area (Å²) in [6.07, 6.45) is 4.40. The van der Waals surface area contributed by atoms with Gasteiger partial charge < -0.3 is 15.4 Å². The van der Waals surface area contributed by atoms with Gasteiger partial charge in [0.25, 0.3) is 0 Å². The average Bonchev–Trinajstić information content (AvgIpc) is 3.00. The number of nitrogens with one attached hydrogen (secondary N) is 2. The molecule has 0 saturated carbocycles. The van der Waals surface area contributed by atoms with E-state index < -0.39 is 0 Å². The van der Waals surface area contributed by atoms with E-state index in [4.69, 9.17) is 4.74 Å². The molecular weight excluding hydrogens is 266 g/mol. The van der Waals surface area contributed by atoms with Crippen molar-refractivity contribution in [3.63, 3.8) is 0 Å². The maximum absolute atomic E-state index is 12.4. The molecule has 0 spiro atoms. The molecule has 0 aromatic rings. The van der Waals surface area contributed by atoms with Crippen molar-refractivity contribution in [1.82, 2.24) is 15.5 Å². The van der Waals surface area contributed by atoms with Crippen molar-refractivity contribution < 1.29 is 9.53 Å². The summed E-state index contributed by atoms with van der Waals surface area (Å²) in [4.78, 5) is 14.7. The second kappa shape index (κ2) is 10.1. The van der Waals surface area contributed by atoms with E-state index in [1.165, 1.54) is 12.8 Å². The zero-order valence-corrected chi connectivity index (χ0v) is 14.2. The first kappa shape index (κ1) is 18.4. The fraction of sp³-hybridized carbons (Fsp3) is 0.938. The summed E-state index contributed by atoms with van der Waals surface area (Å²) in [5.74, 6) is 0.137. The molecule has 0 aromatic carbocycles. The normalized spacial score (nSPS) is 20.2. The Hall–Kier alpha value is -0.650. The Bertz CT molecular complexity index is 289. The van der Waals surface area contributed by atoms with Crippen LogP contribution in [0.1, 0.15) is 46.5 Å². The zero-order valence-electron chi connectivity index (χ0n) is 14.2. The second-order valence-corrected chi connectivity index (χ2v) is 5.98. The van der Waals surface area contributed by atoms with Gasteiger partial charge in [0, 0.05) is 32.3 Å². The molecular formula is C16H33N3O2. The summed E-state index contributed by atoms with van der Waals surface area (Å²) in [5.41, 5.74) is 0. The lowest BCUT2D eigenvalue weighted by molar-refractivity contribution is -0.127. The van der Waals surface area contributed by atoms with Crippen LogP contribution in [0.2, 0.25) is 0 Å². The lowest BCUT2D eigenvalue weighted by atomic mass is 10.1. The maximum Gasteiger partial charge on any atom is 0.237 e. The minimum atomic E-state index is -0.108. The smallest absolute Gasteiger partial charge is 0.237 e. The van der Waals surface area contributed by atoms with Gasteiger partial charge in [-0.05, 0) is 39.2 Å². The minimum absolute atomic E-state index is 0.108. The fourth-order valence-electron chi connectivity index (χ4n) is 2.83. The lowest BCUT2D eigenvalue weighted by Crippen LogP contribution is -2.51. The molecule has 0 aromatic heterocycles. The summed E-state index contributed by atoms with van der Waals surface area (Å²) in [7, 11) is 1.71. The summed E-state index contributed by atoms with van der Waals surface area (Å²) in [6, 6.07) is 0.683. The molecule has 124 valence electrons. The van der Waals surface area contributed by atoms with Crippen LogP contribution in [0, 0.1) is 0 Å². The van der Waals surface area contributed by atoms with Gasteiger partial charge in [-0.2, -0.15) is 0 Å². The van der Waals surface area contributed by atoms with Crippen LogP contribution in [0.5, 0.6) is 0 Å². The van der Waals surface area contributed by atoms with Crippen LogP contribution in [-0.2, 0) is 9.53 Å². The summed E-state index contributed by atoms with van der Waals surface area (Å²) < 4.78 is 5.20. The number of hydrogen-bond donors (Lipinski definition) is 2. The highest BCUT2D eigenvalue weighted by atomic mass is 16.5. The number of methoxy groups -OCH3 is 1. The Balaban J connectivity index is 2.55. The maximum atomic E-state index is 12.4. The van der Waals surface area contributed by atoms with Gasteiger partial charge in [0.1, 0.15) is 0 Å². The molecule has 1 rings (SSSR count). The van der Waals surface area contributed by atoms with E-state index in [2.05, 4.69) is 29.4 Å². The number of ether oxygens (including phenoxy) is 1. The van der Waals surface area contributed by atoms with Crippen molar-refractivity contribution in [3.05, 3.63) is 0 Å². The van der Waals surface area contributed by atoms with Crippen molar-refractivity contribution in [2.24, 2.45) is 0 Å². The van der Waals surface area contributed by atoms with Gasteiger partial charge in [-0.15, -0.1) is 0 Å². The van der Waals surface area contributed by atoms with Gasteiger partial charge in [0.05, 0.1) is 12.6 Å². The Morgan fingerprint density at radius 1 is 1.43 bits per heavy atom. The highest BCUT2D eigenvalue weighted by Crippen LogP contribution is 2.10. The second-order valence-electron chi connectivity index (χ2n) is 5.98. The van der Waals surface area contributed by atoms with E-state index in [-0.39, 0.29) is 18.0 Å². The number of carbonyl (C=O) groups excluding carboxylic acids is 1. The van der Waals surface area contributed by atoms with Gasteiger partial charge >= 0.3 is 0 Å². The van der Waals surface area contributed by atoms with Crippen molar-refractivity contribution in [3.8, 4) is 0 Å². The first-order valence-electron chi connectivity index (χ1n) is 8.39. The molecule has 2 unspecified atom stereocenters. The third kappa shape index (κ3) is 6.32. The topological polar surface area (TPSA) is 53.6 Å². The fourth-order valence-corrected chi connectivity index (χ4v) is 2.83. The first-order valence-corrected chi connectivity index (χ1v) is 8.39. The van der Waals surface area contributed by atoms with Crippen LogP contribution in [0.3, 0.4) is 0 Å². The van der Waals surface area contributed by atoms with E-state index in [9.17, 15) is 4.79 Å². The number of amides is 1. The molecule has 5 nitrogen and oxygen atoms in total. The number of rotatable bonds is 10.